The Balaban J connectivity index is 0. The van der Waals surface area contributed by atoms with E-state index in [1.54, 1.807) is 20.8 Å². The average molecular weight is 452 g/mol. The van der Waals surface area contributed by atoms with E-state index in [0.717, 1.165) is 0 Å². The maximum absolute atomic E-state index is 2.30. The van der Waals surface area contributed by atoms with Crippen molar-refractivity contribution in [1.29, 1.82) is 0 Å². The van der Waals surface area contributed by atoms with Gasteiger partial charge in [-0.05, 0) is 0 Å². The summed E-state index contributed by atoms with van der Waals surface area (Å²) in [5.41, 5.74) is 0. The first-order valence-corrected chi connectivity index (χ1v) is 13.6. The fourth-order valence-electron chi connectivity index (χ4n) is 2.19. The van der Waals surface area contributed by atoms with Crippen molar-refractivity contribution in [2.24, 2.45) is 0 Å². The number of hydrogen-bond acceptors (Lipinski definition) is 0. The van der Waals surface area contributed by atoms with Gasteiger partial charge in [0.25, 0.3) is 0 Å². The molecule has 0 saturated heterocycles. The van der Waals surface area contributed by atoms with Crippen molar-refractivity contribution >= 4 is 24.2 Å². The van der Waals surface area contributed by atoms with Crippen LogP contribution in [0, 0.1) is 0 Å². The second-order valence-corrected chi connectivity index (χ2v) is 11.1. The van der Waals surface area contributed by atoms with E-state index < -0.39 is 0 Å². The van der Waals surface area contributed by atoms with Crippen LogP contribution in [0.25, 0.3) is 0 Å². The van der Waals surface area contributed by atoms with E-state index in [-0.39, 0.29) is 29.7 Å². The number of unbranched alkanes of at least 4 members (excludes halogenated alkanes) is 10. The molecular formula is C16H36OPb. The van der Waals surface area contributed by atoms with Gasteiger partial charge in [-0.3, -0.25) is 0 Å². The van der Waals surface area contributed by atoms with Gasteiger partial charge >= 0.3 is 123 Å². The Morgan fingerprint density at radius 2 is 0.833 bits per heavy atom. The van der Waals surface area contributed by atoms with Crippen LogP contribution in [0.3, 0.4) is 0 Å². The molecule has 0 heterocycles. The summed E-state index contributed by atoms with van der Waals surface area (Å²) in [7, 11) is 0. The Labute approximate surface area is 128 Å². The van der Waals surface area contributed by atoms with Crippen LogP contribution in [0.4, 0.5) is 0 Å². The molecule has 0 aliphatic heterocycles. The standard InChI is InChI=1S/2C8H17.H2O.Pb/c2*1-3-5-7-8-6-4-2;;/h2*1,3-8H2,2H3;1H2;. The minimum atomic E-state index is -0.130. The van der Waals surface area contributed by atoms with Gasteiger partial charge in [0, 0.05) is 0 Å². The summed E-state index contributed by atoms with van der Waals surface area (Å²) in [5, 5.41) is 0. The summed E-state index contributed by atoms with van der Waals surface area (Å²) in [4.78, 5) is 0. The summed E-state index contributed by atoms with van der Waals surface area (Å²) in [6.07, 6.45) is 17.9. The van der Waals surface area contributed by atoms with Crippen LogP contribution in [0.2, 0.25) is 7.96 Å². The van der Waals surface area contributed by atoms with E-state index in [1.165, 1.54) is 64.2 Å². The van der Waals surface area contributed by atoms with Gasteiger partial charge in [-0.15, -0.1) is 0 Å². The van der Waals surface area contributed by atoms with Crippen LogP contribution in [-0.4, -0.2) is 29.7 Å². The molecule has 0 aliphatic rings. The second kappa shape index (κ2) is 20.2. The van der Waals surface area contributed by atoms with E-state index in [1.807, 2.05) is 0 Å². The molecule has 1 nitrogen and oxygen atoms in total. The first-order chi connectivity index (χ1) is 8.41. The molecule has 0 spiro atoms. The van der Waals surface area contributed by atoms with Crippen molar-refractivity contribution < 1.29 is 5.48 Å². The zero-order valence-corrected chi connectivity index (χ0v) is 16.8. The normalized spacial score (nSPS) is 10.3. The van der Waals surface area contributed by atoms with E-state index in [4.69, 9.17) is 0 Å². The molecule has 0 fully saturated rings. The van der Waals surface area contributed by atoms with Crippen molar-refractivity contribution in [3.05, 3.63) is 0 Å². The SMILES string of the molecule is CCCCCCC[CH2][Pb][CH2]CCCCCCC.O. The van der Waals surface area contributed by atoms with E-state index in [2.05, 4.69) is 13.8 Å². The Hall–Kier alpha value is 0.882. The maximum Gasteiger partial charge on any atom is -0.412 e. The zero-order valence-electron chi connectivity index (χ0n) is 12.9. The van der Waals surface area contributed by atoms with Crippen LogP contribution in [0.1, 0.15) is 90.9 Å². The third kappa shape index (κ3) is 19.2. The minimum Gasteiger partial charge on any atom is -0.412 e. The molecule has 0 bridgehead atoms. The van der Waals surface area contributed by atoms with Gasteiger partial charge in [-0.2, -0.15) is 0 Å². The van der Waals surface area contributed by atoms with E-state index in [9.17, 15) is 0 Å². The molecule has 0 saturated carbocycles. The van der Waals surface area contributed by atoms with Gasteiger partial charge in [-0.1, -0.05) is 0 Å². The molecule has 0 rings (SSSR count). The Morgan fingerprint density at radius 1 is 0.500 bits per heavy atom. The smallest absolute Gasteiger partial charge is 0.412 e. The van der Waals surface area contributed by atoms with Crippen LogP contribution >= 0.6 is 0 Å². The van der Waals surface area contributed by atoms with Gasteiger partial charge in [0.15, 0.2) is 0 Å². The minimum absolute atomic E-state index is 0. The number of hydrogen-bond donors (Lipinski definition) is 0. The molecule has 0 unspecified atom stereocenters. The molecule has 2 N–H and O–H groups in total. The Morgan fingerprint density at radius 3 is 1.22 bits per heavy atom. The first-order valence-electron chi connectivity index (χ1n) is 8.12. The average Bonchev–Trinajstić information content (AvgIpc) is 2.35. The molecule has 18 heavy (non-hydrogen) atoms. The van der Waals surface area contributed by atoms with Crippen LogP contribution in [0.5, 0.6) is 0 Å². The van der Waals surface area contributed by atoms with E-state index >= 15 is 0 Å². The largest absolute Gasteiger partial charge is 0.412 e. The molecule has 110 valence electrons. The predicted octanol–water partition coefficient (Wildman–Crippen LogP) is 5.42. The summed E-state index contributed by atoms with van der Waals surface area (Å²) in [5.74, 6) is 0. The van der Waals surface area contributed by atoms with Crippen molar-refractivity contribution in [1.82, 2.24) is 0 Å². The topological polar surface area (TPSA) is 31.5 Å². The van der Waals surface area contributed by atoms with Crippen molar-refractivity contribution in [3.8, 4) is 0 Å². The van der Waals surface area contributed by atoms with Crippen LogP contribution < -0.4 is 0 Å². The molecule has 0 amide bonds. The molecule has 0 aromatic rings. The van der Waals surface area contributed by atoms with Gasteiger partial charge in [0.1, 0.15) is 0 Å². The zero-order chi connectivity index (χ0) is 12.6. The second-order valence-electron chi connectivity index (χ2n) is 5.29. The van der Waals surface area contributed by atoms with Gasteiger partial charge in [0.05, 0.1) is 0 Å². The Bertz CT molecular complexity index is 114. The van der Waals surface area contributed by atoms with E-state index in [0.29, 0.717) is 0 Å². The van der Waals surface area contributed by atoms with Crippen molar-refractivity contribution in [2.75, 3.05) is 0 Å². The third-order valence-electron chi connectivity index (χ3n) is 3.41. The molecule has 2 heteroatoms. The summed E-state index contributed by atoms with van der Waals surface area (Å²) < 4.78 is 3.36. The monoisotopic (exact) mass is 452 g/mol. The summed E-state index contributed by atoms with van der Waals surface area (Å²) >= 11 is -0.130. The van der Waals surface area contributed by atoms with Gasteiger partial charge in [0.2, 0.25) is 0 Å². The Kier molecular flexibility index (Phi) is 23.8. The molecule has 0 aliphatic carbocycles. The molecule has 0 atom stereocenters. The molecular weight excluding hydrogens is 415 g/mol. The number of rotatable bonds is 14. The molecule has 0 aromatic carbocycles. The first kappa shape index (κ1) is 21.2. The predicted molar refractivity (Wildman–Crippen MR) is 85.7 cm³/mol. The van der Waals surface area contributed by atoms with Crippen molar-refractivity contribution in [3.63, 3.8) is 0 Å². The van der Waals surface area contributed by atoms with Crippen LogP contribution in [0.15, 0.2) is 0 Å². The quantitative estimate of drug-likeness (QED) is 0.249. The molecule has 2 radical (unpaired) electrons. The summed E-state index contributed by atoms with van der Waals surface area (Å²) in [6, 6.07) is 0. The maximum atomic E-state index is 2.30. The van der Waals surface area contributed by atoms with Gasteiger partial charge < -0.3 is 5.48 Å². The van der Waals surface area contributed by atoms with Crippen molar-refractivity contribution in [2.45, 2.75) is 98.9 Å². The van der Waals surface area contributed by atoms with Crippen LogP contribution in [-0.2, 0) is 0 Å². The third-order valence-corrected chi connectivity index (χ3v) is 8.91. The fraction of sp³-hybridized carbons (Fsp3) is 1.00. The fourth-order valence-corrected chi connectivity index (χ4v) is 7.05. The molecule has 0 aromatic heterocycles. The van der Waals surface area contributed by atoms with Gasteiger partial charge in [-0.25, -0.2) is 0 Å². The summed E-state index contributed by atoms with van der Waals surface area (Å²) in [6.45, 7) is 4.60.